The number of carbonyl (C=O) groups is 1. The number of hydrogen-bond acceptors (Lipinski definition) is 4. The lowest BCUT2D eigenvalue weighted by Gasteiger charge is -2.26. The number of nitrogens with zero attached hydrogens (tertiary/aromatic N) is 1. The Morgan fingerprint density at radius 1 is 1.35 bits per heavy atom. The van der Waals surface area contributed by atoms with E-state index in [1.807, 2.05) is 0 Å². The van der Waals surface area contributed by atoms with E-state index in [1.165, 1.54) is 4.90 Å². The maximum atomic E-state index is 12.8. The smallest absolute Gasteiger partial charge is 0.307 e. The molecule has 0 aromatic rings. The van der Waals surface area contributed by atoms with Crippen LogP contribution in [0.2, 0.25) is 0 Å². The second-order valence-corrected chi connectivity index (χ2v) is 6.27. The van der Waals surface area contributed by atoms with E-state index < -0.39 is 15.5 Å². The molecule has 2 rings (SSSR count). The van der Waals surface area contributed by atoms with Gasteiger partial charge in [0.15, 0.2) is 0 Å². The van der Waals surface area contributed by atoms with Crippen molar-refractivity contribution in [2.75, 3.05) is 26.3 Å². The Hall–Kier alpha value is -0.690. The SMILES string of the molecule is O=C1CC(S(=O)(=O)F)CN1CC1CCOCC1. The Balaban J connectivity index is 1.92. The first kappa shape index (κ1) is 12.8. The number of carbonyl (C=O) groups excluding carboxylic acids is 1. The van der Waals surface area contributed by atoms with Crippen LogP contribution in [0.5, 0.6) is 0 Å². The summed E-state index contributed by atoms with van der Waals surface area (Å²) in [4.78, 5) is 13.0. The van der Waals surface area contributed by atoms with Crippen LogP contribution in [0.4, 0.5) is 3.89 Å². The summed E-state index contributed by atoms with van der Waals surface area (Å²) in [5, 5.41) is -1.17. The number of halogens is 1. The highest BCUT2D eigenvalue weighted by Gasteiger charge is 2.39. The molecule has 0 N–H and O–H groups in total. The Morgan fingerprint density at radius 3 is 2.53 bits per heavy atom. The van der Waals surface area contributed by atoms with Crippen LogP contribution < -0.4 is 0 Å². The van der Waals surface area contributed by atoms with Crippen LogP contribution in [0.1, 0.15) is 19.3 Å². The first-order chi connectivity index (χ1) is 7.97. The molecule has 17 heavy (non-hydrogen) atoms. The van der Waals surface area contributed by atoms with Crippen LogP contribution in [0.25, 0.3) is 0 Å². The minimum atomic E-state index is -4.60. The predicted molar refractivity (Wildman–Crippen MR) is 58.6 cm³/mol. The topological polar surface area (TPSA) is 63.7 Å². The highest BCUT2D eigenvalue weighted by molar-refractivity contribution is 7.87. The van der Waals surface area contributed by atoms with Gasteiger partial charge in [-0.1, -0.05) is 0 Å². The molecule has 1 amide bonds. The molecule has 0 aromatic carbocycles. The summed E-state index contributed by atoms with van der Waals surface area (Å²) in [5.74, 6) is 0.0801. The fourth-order valence-electron chi connectivity index (χ4n) is 2.34. The van der Waals surface area contributed by atoms with Gasteiger partial charge in [0.2, 0.25) is 5.91 Å². The molecule has 2 aliphatic rings. The molecular formula is C10H16FNO4S. The van der Waals surface area contributed by atoms with Crippen molar-refractivity contribution >= 4 is 16.1 Å². The van der Waals surface area contributed by atoms with Gasteiger partial charge in [0.05, 0.1) is 0 Å². The van der Waals surface area contributed by atoms with Gasteiger partial charge in [-0.25, -0.2) is 0 Å². The number of hydrogen-bond donors (Lipinski definition) is 0. The Labute approximate surface area is 100 Å². The lowest BCUT2D eigenvalue weighted by molar-refractivity contribution is -0.128. The van der Waals surface area contributed by atoms with Crippen molar-refractivity contribution in [1.82, 2.24) is 4.90 Å². The van der Waals surface area contributed by atoms with E-state index in [4.69, 9.17) is 4.74 Å². The molecule has 0 radical (unpaired) electrons. The molecule has 2 saturated heterocycles. The van der Waals surface area contributed by atoms with Crippen molar-refractivity contribution in [3.63, 3.8) is 0 Å². The third-order valence-electron chi connectivity index (χ3n) is 3.40. The van der Waals surface area contributed by atoms with E-state index in [0.717, 1.165) is 12.8 Å². The summed E-state index contributed by atoms with van der Waals surface area (Å²) < 4.78 is 39.5. The summed E-state index contributed by atoms with van der Waals surface area (Å²) in [7, 11) is -4.60. The zero-order chi connectivity index (χ0) is 12.5. The molecule has 2 aliphatic heterocycles. The molecule has 1 atom stereocenters. The van der Waals surface area contributed by atoms with Gasteiger partial charge in [0, 0.05) is 32.7 Å². The quantitative estimate of drug-likeness (QED) is 0.689. The van der Waals surface area contributed by atoms with Crippen LogP contribution in [-0.4, -0.2) is 50.8 Å². The molecule has 5 nitrogen and oxygen atoms in total. The third kappa shape index (κ3) is 3.16. The second-order valence-electron chi connectivity index (χ2n) is 4.66. The molecular weight excluding hydrogens is 249 g/mol. The predicted octanol–water partition coefficient (Wildman–Crippen LogP) is 0.313. The molecule has 7 heteroatoms. The number of likely N-dealkylation sites (tertiary alicyclic amines) is 1. The fraction of sp³-hybridized carbons (Fsp3) is 0.900. The van der Waals surface area contributed by atoms with Crippen molar-refractivity contribution in [2.45, 2.75) is 24.5 Å². The Morgan fingerprint density at radius 2 is 2.00 bits per heavy atom. The molecule has 2 fully saturated rings. The number of ether oxygens (including phenoxy) is 1. The van der Waals surface area contributed by atoms with E-state index in [1.54, 1.807) is 0 Å². The molecule has 0 spiro atoms. The highest BCUT2D eigenvalue weighted by atomic mass is 32.3. The molecule has 0 aliphatic carbocycles. The first-order valence-electron chi connectivity index (χ1n) is 5.76. The molecule has 0 bridgehead atoms. The normalized spacial score (nSPS) is 27.7. The number of rotatable bonds is 3. The van der Waals surface area contributed by atoms with Gasteiger partial charge in [-0.05, 0) is 18.8 Å². The maximum Gasteiger partial charge on any atom is 0.307 e. The second kappa shape index (κ2) is 4.89. The van der Waals surface area contributed by atoms with Gasteiger partial charge < -0.3 is 9.64 Å². The maximum absolute atomic E-state index is 12.8. The molecule has 0 aromatic heterocycles. The summed E-state index contributed by atoms with van der Waals surface area (Å²) in [6.45, 7) is 1.87. The Bertz CT molecular complexity index is 391. The largest absolute Gasteiger partial charge is 0.381 e. The monoisotopic (exact) mass is 265 g/mol. The van der Waals surface area contributed by atoms with Crippen molar-refractivity contribution in [1.29, 1.82) is 0 Å². The van der Waals surface area contributed by atoms with Crippen molar-refractivity contribution in [3.8, 4) is 0 Å². The highest BCUT2D eigenvalue weighted by Crippen LogP contribution is 2.23. The number of amides is 1. The zero-order valence-corrected chi connectivity index (χ0v) is 10.3. The van der Waals surface area contributed by atoms with E-state index in [-0.39, 0.29) is 18.9 Å². The van der Waals surface area contributed by atoms with Crippen LogP contribution in [0, 0.1) is 5.92 Å². The zero-order valence-electron chi connectivity index (χ0n) is 9.47. The van der Waals surface area contributed by atoms with Crippen LogP contribution in [-0.2, 0) is 19.8 Å². The van der Waals surface area contributed by atoms with Crippen molar-refractivity contribution < 1.29 is 21.8 Å². The standard InChI is InChI=1S/C10H16FNO4S/c11-17(14,15)9-5-10(13)12(7-9)6-8-1-3-16-4-2-8/h8-9H,1-7H2. The van der Waals surface area contributed by atoms with Gasteiger partial charge in [-0.2, -0.15) is 8.42 Å². The van der Waals surface area contributed by atoms with E-state index in [2.05, 4.69) is 0 Å². The van der Waals surface area contributed by atoms with Crippen molar-refractivity contribution in [2.24, 2.45) is 5.92 Å². The van der Waals surface area contributed by atoms with Crippen LogP contribution in [0.15, 0.2) is 0 Å². The van der Waals surface area contributed by atoms with E-state index >= 15 is 0 Å². The average molecular weight is 265 g/mol. The lowest BCUT2D eigenvalue weighted by atomic mass is 10.00. The van der Waals surface area contributed by atoms with Crippen LogP contribution in [0.3, 0.4) is 0 Å². The van der Waals surface area contributed by atoms with Gasteiger partial charge in [-0.3, -0.25) is 4.79 Å². The fourth-order valence-corrected chi connectivity index (χ4v) is 3.04. The first-order valence-corrected chi connectivity index (χ1v) is 7.20. The Kier molecular flexibility index (Phi) is 3.67. The van der Waals surface area contributed by atoms with E-state index in [0.29, 0.717) is 25.7 Å². The molecule has 98 valence electrons. The molecule has 1 unspecified atom stereocenters. The average Bonchev–Trinajstić information content (AvgIpc) is 2.62. The van der Waals surface area contributed by atoms with Gasteiger partial charge >= 0.3 is 10.2 Å². The lowest BCUT2D eigenvalue weighted by Crippen LogP contribution is -2.34. The van der Waals surface area contributed by atoms with E-state index in [9.17, 15) is 17.1 Å². The van der Waals surface area contributed by atoms with Crippen molar-refractivity contribution in [3.05, 3.63) is 0 Å². The van der Waals surface area contributed by atoms with Gasteiger partial charge in [0.25, 0.3) is 0 Å². The third-order valence-corrected chi connectivity index (χ3v) is 4.51. The summed E-state index contributed by atoms with van der Waals surface area (Å²) in [5.41, 5.74) is 0. The summed E-state index contributed by atoms with van der Waals surface area (Å²) in [6.07, 6.45) is 1.52. The minimum absolute atomic E-state index is 0.00494. The molecule has 0 saturated carbocycles. The summed E-state index contributed by atoms with van der Waals surface area (Å²) in [6, 6.07) is 0. The van der Waals surface area contributed by atoms with Gasteiger partial charge in [0.1, 0.15) is 5.25 Å². The molecule has 2 heterocycles. The van der Waals surface area contributed by atoms with Gasteiger partial charge in [-0.15, -0.1) is 3.89 Å². The minimum Gasteiger partial charge on any atom is -0.381 e. The summed E-state index contributed by atoms with van der Waals surface area (Å²) >= 11 is 0. The van der Waals surface area contributed by atoms with Crippen LogP contribution >= 0.6 is 0 Å².